The van der Waals surface area contributed by atoms with Crippen molar-refractivity contribution in [3.63, 3.8) is 0 Å². The summed E-state index contributed by atoms with van der Waals surface area (Å²) in [6.07, 6.45) is 0.916. The first kappa shape index (κ1) is 14.8. The lowest BCUT2D eigenvalue weighted by molar-refractivity contribution is 0.135. The number of rotatable bonds is 5. The van der Waals surface area contributed by atoms with Gasteiger partial charge in [-0.2, -0.15) is 0 Å². The Morgan fingerprint density at radius 3 is 2.30 bits per heavy atom. The van der Waals surface area contributed by atoms with Gasteiger partial charge in [-0.1, -0.05) is 30.3 Å². The predicted molar refractivity (Wildman–Crippen MR) is 73.9 cm³/mol. The average molecular weight is 279 g/mol. The number of hydrogen-bond acceptors (Lipinski definition) is 4. The number of alkyl carbamates (subject to hydrolysis) is 1. The van der Waals surface area contributed by atoms with Gasteiger partial charge < -0.3 is 20.3 Å². The number of carbonyl (C=O) groups excluding carboxylic acids is 1. The minimum absolute atomic E-state index is 0.0347. The van der Waals surface area contributed by atoms with E-state index in [1.807, 2.05) is 30.3 Å². The Kier molecular flexibility index (Phi) is 5.38. The van der Waals surface area contributed by atoms with Gasteiger partial charge in [0.05, 0.1) is 0 Å². The van der Waals surface area contributed by atoms with Gasteiger partial charge in [-0.15, -0.1) is 0 Å². The first-order valence-electron chi connectivity index (χ1n) is 6.92. The van der Waals surface area contributed by atoms with Crippen molar-refractivity contribution in [2.24, 2.45) is 11.8 Å². The van der Waals surface area contributed by atoms with E-state index >= 15 is 0 Å². The van der Waals surface area contributed by atoms with E-state index in [9.17, 15) is 15.0 Å². The molecule has 5 nitrogen and oxygen atoms in total. The Labute approximate surface area is 118 Å². The van der Waals surface area contributed by atoms with E-state index in [0.717, 1.165) is 5.56 Å². The van der Waals surface area contributed by atoms with Crippen molar-refractivity contribution in [1.82, 2.24) is 5.32 Å². The molecule has 3 N–H and O–H groups in total. The molecule has 1 aromatic rings. The van der Waals surface area contributed by atoms with E-state index in [4.69, 9.17) is 4.74 Å². The molecule has 0 spiro atoms. The molecule has 2 unspecified atom stereocenters. The molecular formula is C15H21NO4. The molecule has 1 saturated carbocycles. The Bertz CT molecular complexity index is 411. The standard InChI is InChI=1S/C15H21NO4/c17-8-12-6-14(7-13(12)9-18)16-15(19)20-10-11-4-2-1-3-5-11/h1-5,12-14,17-18H,6-10H2,(H,16,19). The second kappa shape index (κ2) is 7.26. The molecule has 0 radical (unpaired) electrons. The zero-order chi connectivity index (χ0) is 14.4. The van der Waals surface area contributed by atoms with E-state index in [-0.39, 0.29) is 37.7 Å². The van der Waals surface area contributed by atoms with Crippen LogP contribution in [0.25, 0.3) is 0 Å². The summed E-state index contributed by atoms with van der Waals surface area (Å²) >= 11 is 0. The maximum atomic E-state index is 11.7. The SMILES string of the molecule is O=C(NC1CC(CO)C(CO)C1)OCc1ccccc1. The van der Waals surface area contributed by atoms with E-state index < -0.39 is 6.09 Å². The van der Waals surface area contributed by atoms with Crippen LogP contribution in [-0.4, -0.2) is 35.6 Å². The number of hydrogen-bond donors (Lipinski definition) is 3. The minimum Gasteiger partial charge on any atom is -0.445 e. The van der Waals surface area contributed by atoms with Gasteiger partial charge in [0, 0.05) is 19.3 Å². The number of ether oxygens (including phenoxy) is 1. The molecular weight excluding hydrogens is 258 g/mol. The Hall–Kier alpha value is -1.59. The number of aliphatic hydroxyl groups excluding tert-OH is 2. The lowest BCUT2D eigenvalue weighted by Gasteiger charge is -2.13. The van der Waals surface area contributed by atoms with Gasteiger partial charge in [-0.05, 0) is 30.2 Å². The zero-order valence-corrected chi connectivity index (χ0v) is 11.4. The Balaban J connectivity index is 1.75. The van der Waals surface area contributed by atoms with Gasteiger partial charge >= 0.3 is 6.09 Å². The first-order valence-corrected chi connectivity index (χ1v) is 6.92. The van der Waals surface area contributed by atoms with Gasteiger partial charge in [0.1, 0.15) is 6.61 Å². The molecule has 1 amide bonds. The summed E-state index contributed by atoms with van der Waals surface area (Å²) in [5.74, 6) is 0.110. The molecule has 1 aromatic carbocycles. The molecule has 5 heteroatoms. The fourth-order valence-electron chi connectivity index (χ4n) is 2.71. The molecule has 0 aliphatic heterocycles. The van der Waals surface area contributed by atoms with Gasteiger partial charge in [0.15, 0.2) is 0 Å². The second-order valence-corrected chi connectivity index (χ2v) is 5.26. The quantitative estimate of drug-likeness (QED) is 0.759. The summed E-state index contributed by atoms with van der Waals surface area (Å²) in [4.78, 5) is 11.7. The highest BCUT2D eigenvalue weighted by atomic mass is 16.5. The summed E-state index contributed by atoms with van der Waals surface area (Å²) < 4.78 is 5.15. The van der Waals surface area contributed by atoms with Crippen molar-refractivity contribution < 1.29 is 19.7 Å². The van der Waals surface area contributed by atoms with Crippen LogP contribution in [0.5, 0.6) is 0 Å². The third kappa shape index (κ3) is 3.95. The molecule has 2 atom stereocenters. The van der Waals surface area contributed by atoms with Crippen LogP contribution in [0.15, 0.2) is 30.3 Å². The maximum absolute atomic E-state index is 11.7. The number of carbonyl (C=O) groups is 1. The maximum Gasteiger partial charge on any atom is 0.407 e. The summed E-state index contributed by atoms with van der Waals surface area (Å²) in [5.41, 5.74) is 0.940. The van der Waals surface area contributed by atoms with Crippen molar-refractivity contribution in [2.45, 2.75) is 25.5 Å². The lowest BCUT2D eigenvalue weighted by Crippen LogP contribution is -2.33. The van der Waals surface area contributed by atoms with E-state index in [2.05, 4.69) is 5.32 Å². The van der Waals surface area contributed by atoms with Crippen LogP contribution in [0.3, 0.4) is 0 Å². The molecule has 110 valence electrons. The number of benzene rings is 1. The van der Waals surface area contributed by atoms with Crippen LogP contribution >= 0.6 is 0 Å². The largest absolute Gasteiger partial charge is 0.445 e. The smallest absolute Gasteiger partial charge is 0.407 e. The summed E-state index contributed by atoms with van der Waals surface area (Å²) in [6.45, 7) is 0.331. The molecule has 1 fully saturated rings. The number of amides is 1. The molecule has 1 aliphatic rings. The third-order valence-electron chi connectivity index (χ3n) is 3.84. The van der Waals surface area contributed by atoms with Gasteiger partial charge in [-0.3, -0.25) is 0 Å². The first-order chi connectivity index (χ1) is 9.72. The van der Waals surface area contributed by atoms with Crippen molar-refractivity contribution in [1.29, 1.82) is 0 Å². The highest BCUT2D eigenvalue weighted by molar-refractivity contribution is 5.67. The van der Waals surface area contributed by atoms with Gasteiger partial charge in [-0.25, -0.2) is 4.79 Å². The normalized spacial score (nSPS) is 25.4. The van der Waals surface area contributed by atoms with E-state index in [1.165, 1.54) is 0 Å². The highest BCUT2D eigenvalue weighted by Crippen LogP contribution is 2.31. The fourth-order valence-corrected chi connectivity index (χ4v) is 2.71. The van der Waals surface area contributed by atoms with Crippen LogP contribution in [-0.2, 0) is 11.3 Å². The topological polar surface area (TPSA) is 78.8 Å². The lowest BCUT2D eigenvalue weighted by atomic mass is 9.98. The molecule has 0 aromatic heterocycles. The van der Waals surface area contributed by atoms with Gasteiger partial charge in [0.25, 0.3) is 0 Å². The van der Waals surface area contributed by atoms with Gasteiger partial charge in [0.2, 0.25) is 0 Å². The van der Waals surface area contributed by atoms with Crippen LogP contribution in [0, 0.1) is 11.8 Å². The summed E-state index contributed by atoms with van der Waals surface area (Å²) in [7, 11) is 0. The second-order valence-electron chi connectivity index (χ2n) is 5.26. The summed E-state index contributed by atoms with van der Waals surface area (Å²) in [6, 6.07) is 9.45. The predicted octanol–water partition coefficient (Wildman–Crippen LogP) is 1.29. The van der Waals surface area contributed by atoms with E-state index in [1.54, 1.807) is 0 Å². The van der Waals surface area contributed by atoms with Crippen LogP contribution in [0.2, 0.25) is 0 Å². The van der Waals surface area contributed by atoms with Crippen molar-refractivity contribution in [2.75, 3.05) is 13.2 Å². The summed E-state index contributed by atoms with van der Waals surface area (Å²) in [5, 5.41) is 21.2. The number of aliphatic hydroxyl groups is 2. The molecule has 0 bridgehead atoms. The third-order valence-corrected chi connectivity index (χ3v) is 3.84. The van der Waals surface area contributed by atoms with Crippen LogP contribution < -0.4 is 5.32 Å². The monoisotopic (exact) mass is 279 g/mol. The Morgan fingerprint density at radius 2 is 1.75 bits per heavy atom. The van der Waals surface area contributed by atoms with Crippen LogP contribution in [0.1, 0.15) is 18.4 Å². The molecule has 2 rings (SSSR count). The minimum atomic E-state index is -0.450. The number of nitrogens with one attached hydrogen (secondary N) is 1. The fraction of sp³-hybridized carbons (Fsp3) is 0.533. The van der Waals surface area contributed by atoms with Crippen LogP contribution in [0.4, 0.5) is 4.79 Å². The molecule has 0 saturated heterocycles. The zero-order valence-electron chi connectivity index (χ0n) is 11.4. The van der Waals surface area contributed by atoms with Crippen molar-refractivity contribution >= 4 is 6.09 Å². The van der Waals surface area contributed by atoms with E-state index in [0.29, 0.717) is 12.8 Å². The van der Waals surface area contributed by atoms with Crippen molar-refractivity contribution in [3.05, 3.63) is 35.9 Å². The molecule has 1 aliphatic carbocycles. The average Bonchev–Trinajstić information content (AvgIpc) is 2.88. The highest BCUT2D eigenvalue weighted by Gasteiger charge is 2.34. The molecule has 0 heterocycles. The Morgan fingerprint density at radius 1 is 1.15 bits per heavy atom. The van der Waals surface area contributed by atoms with Crippen molar-refractivity contribution in [3.8, 4) is 0 Å². The molecule has 20 heavy (non-hydrogen) atoms.